The Balaban J connectivity index is -0.0000000625. The number of carboxylic acid groups (broad SMARTS) is 2. The fourth-order valence-electron chi connectivity index (χ4n) is 0.408. The van der Waals surface area contributed by atoms with Crippen LogP contribution in [0.1, 0.15) is 39.5 Å². The molecule has 0 aliphatic carbocycles. The van der Waals surface area contributed by atoms with Gasteiger partial charge >= 0.3 is 17.1 Å². The van der Waals surface area contributed by atoms with Crippen molar-refractivity contribution in [2.45, 2.75) is 39.5 Å². The van der Waals surface area contributed by atoms with Crippen molar-refractivity contribution in [2.24, 2.45) is 0 Å². The zero-order chi connectivity index (χ0) is 9.98. The molecule has 0 aliphatic heterocycles. The number of carboxylic acids is 2. The van der Waals surface area contributed by atoms with Gasteiger partial charge in [0, 0.05) is 11.9 Å². The zero-order valence-corrected chi connectivity index (χ0v) is 9.52. The number of hydrogen-bond donors (Lipinski definition) is 0. The van der Waals surface area contributed by atoms with Gasteiger partial charge in [-0.25, -0.2) is 0 Å². The van der Waals surface area contributed by atoms with Gasteiger partial charge in [0.15, 0.2) is 0 Å². The van der Waals surface area contributed by atoms with E-state index in [0.29, 0.717) is 12.8 Å². The van der Waals surface area contributed by atoms with Crippen LogP contribution in [0.4, 0.5) is 0 Å². The maximum absolute atomic E-state index is 9.49. The maximum Gasteiger partial charge on any atom is 2.00 e. The summed E-state index contributed by atoms with van der Waals surface area (Å²) in [6.45, 7) is 3.60. The minimum atomic E-state index is -0.961. The summed E-state index contributed by atoms with van der Waals surface area (Å²) in [4.78, 5) is 19.0. The third kappa shape index (κ3) is 42.2. The summed E-state index contributed by atoms with van der Waals surface area (Å²) in [6.07, 6.45) is 1.70. The number of carbonyl (C=O) groups is 2. The number of hydrogen-bond acceptors (Lipinski definition) is 4. The summed E-state index contributed by atoms with van der Waals surface area (Å²) in [5.74, 6) is -1.92. The number of carbonyl (C=O) groups excluding carboxylic acids is 2. The molecule has 1 radical (unpaired) electrons. The standard InChI is InChI=1S/2C4H8O2.Mn.H2O/c2*1-2-3-4(5)6;;/h2*2-3H2,1H3,(H,5,6);;1H2/q;;+2;/p-2. The first-order valence-corrected chi connectivity index (χ1v) is 3.94. The third-order valence-electron chi connectivity index (χ3n) is 0.908. The van der Waals surface area contributed by atoms with Crippen LogP contribution in [0.25, 0.3) is 0 Å². The van der Waals surface area contributed by atoms with E-state index in [0.717, 1.165) is 0 Å². The monoisotopic (exact) mass is 247 g/mol. The summed E-state index contributed by atoms with van der Waals surface area (Å²) >= 11 is 0. The minimum Gasteiger partial charge on any atom is -0.550 e. The molecule has 0 aromatic carbocycles. The SMILES string of the molecule is CCCC(=O)[O-].CCCC(=O)[O-].O.[Mn+2]. The molecule has 0 heterocycles. The predicted octanol–water partition coefficient (Wildman–Crippen LogP) is -1.75. The molecular weight excluding hydrogens is 231 g/mol. The first-order chi connectivity index (χ1) is 5.54. The Morgan fingerprint density at radius 1 is 0.929 bits per heavy atom. The fraction of sp³-hybridized carbons (Fsp3) is 0.750. The first kappa shape index (κ1) is 23.3. The zero-order valence-electron chi connectivity index (χ0n) is 8.34. The van der Waals surface area contributed by atoms with Crippen LogP contribution in [0, 0.1) is 0 Å². The molecule has 0 rings (SSSR count). The van der Waals surface area contributed by atoms with E-state index in [1.807, 2.05) is 0 Å². The quantitative estimate of drug-likeness (QED) is 0.548. The molecule has 0 atom stereocenters. The van der Waals surface area contributed by atoms with E-state index in [4.69, 9.17) is 0 Å². The van der Waals surface area contributed by atoms with Crippen molar-refractivity contribution in [3.63, 3.8) is 0 Å². The average Bonchev–Trinajstić information content (AvgIpc) is 1.87. The Morgan fingerprint density at radius 2 is 1.14 bits per heavy atom. The topological polar surface area (TPSA) is 112 Å². The van der Waals surface area contributed by atoms with Crippen molar-refractivity contribution >= 4 is 11.9 Å². The summed E-state index contributed by atoms with van der Waals surface area (Å²) in [7, 11) is 0. The summed E-state index contributed by atoms with van der Waals surface area (Å²) < 4.78 is 0. The summed E-state index contributed by atoms with van der Waals surface area (Å²) in [5, 5.41) is 19.0. The Morgan fingerprint density at radius 3 is 1.14 bits per heavy atom. The Bertz CT molecular complexity index is 122. The van der Waals surface area contributed by atoms with Gasteiger partial charge in [-0.2, -0.15) is 0 Å². The van der Waals surface area contributed by atoms with Gasteiger partial charge in [-0.3, -0.25) is 0 Å². The molecule has 0 aliphatic rings. The van der Waals surface area contributed by atoms with Crippen LogP contribution in [0.3, 0.4) is 0 Å². The van der Waals surface area contributed by atoms with E-state index in [2.05, 4.69) is 0 Å². The summed E-state index contributed by atoms with van der Waals surface area (Å²) in [5.41, 5.74) is 0. The van der Waals surface area contributed by atoms with Gasteiger partial charge in [-0.05, 0) is 12.8 Å². The second kappa shape index (κ2) is 18.3. The van der Waals surface area contributed by atoms with Gasteiger partial charge in [0.2, 0.25) is 0 Å². The van der Waals surface area contributed by atoms with Crippen LogP contribution in [0.5, 0.6) is 0 Å². The number of rotatable bonds is 4. The van der Waals surface area contributed by atoms with E-state index in [1.165, 1.54) is 0 Å². The molecule has 0 spiro atoms. The van der Waals surface area contributed by atoms with Gasteiger partial charge in [0.05, 0.1) is 0 Å². The molecule has 0 bridgehead atoms. The minimum absolute atomic E-state index is 0. The molecule has 85 valence electrons. The van der Waals surface area contributed by atoms with Crippen LogP contribution in [-0.4, -0.2) is 17.4 Å². The van der Waals surface area contributed by atoms with Crippen molar-refractivity contribution in [1.82, 2.24) is 0 Å². The second-order valence-electron chi connectivity index (χ2n) is 2.24. The molecule has 6 heteroatoms. The van der Waals surface area contributed by atoms with Crippen molar-refractivity contribution < 1.29 is 42.3 Å². The van der Waals surface area contributed by atoms with Gasteiger partial charge in [0.1, 0.15) is 0 Å². The molecule has 0 fully saturated rings. The smallest absolute Gasteiger partial charge is 0.550 e. The van der Waals surface area contributed by atoms with E-state index < -0.39 is 11.9 Å². The normalized spacial score (nSPS) is 7.00. The molecule has 0 saturated carbocycles. The number of aliphatic carboxylic acids is 2. The average molecular weight is 247 g/mol. The Hall–Kier alpha value is -0.581. The van der Waals surface area contributed by atoms with Gasteiger partial charge in [0.25, 0.3) is 0 Å². The van der Waals surface area contributed by atoms with Crippen molar-refractivity contribution in [1.29, 1.82) is 0 Å². The Kier molecular flexibility index (Phi) is 30.4. The molecule has 0 unspecified atom stereocenters. The van der Waals surface area contributed by atoms with Gasteiger partial charge < -0.3 is 25.3 Å². The second-order valence-corrected chi connectivity index (χ2v) is 2.24. The third-order valence-corrected chi connectivity index (χ3v) is 0.908. The molecule has 0 aromatic heterocycles. The molecule has 5 nitrogen and oxygen atoms in total. The van der Waals surface area contributed by atoms with E-state index >= 15 is 0 Å². The van der Waals surface area contributed by atoms with Crippen molar-refractivity contribution in [3.8, 4) is 0 Å². The summed E-state index contributed by atoms with van der Waals surface area (Å²) in [6, 6.07) is 0. The van der Waals surface area contributed by atoms with Crippen LogP contribution in [-0.2, 0) is 26.7 Å². The molecule has 14 heavy (non-hydrogen) atoms. The van der Waals surface area contributed by atoms with E-state index in [9.17, 15) is 19.8 Å². The van der Waals surface area contributed by atoms with Crippen molar-refractivity contribution in [2.75, 3.05) is 0 Å². The first-order valence-electron chi connectivity index (χ1n) is 3.94. The molecule has 0 amide bonds. The predicted molar refractivity (Wildman–Crippen MR) is 43.4 cm³/mol. The fourth-order valence-corrected chi connectivity index (χ4v) is 0.408. The molecule has 0 aromatic rings. The largest absolute Gasteiger partial charge is 2.00 e. The molecular formula is C8H16MnO5. The van der Waals surface area contributed by atoms with Crippen LogP contribution >= 0.6 is 0 Å². The Labute approximate surface area is 94.3 Å². The van der Waals surface area contributed by atoms with Gasteiger partial charge in [-0.15, -0.1) is 0 Å². The van der Waals surface area contributed by atoms with Gasteiger partial charge in [-0.1, -0.05) is 26.7 Å². The van der Waals surface area contributed by atoms with E-state index in [-0.39, 0.29) is 35.4 Å². The molecule has 0 saturated heterocycles. The van der Waals surface area contributed by atoms with Crippen LogP contribution < -0.4 is 10.2 Å². The van der Waals surface area contributed by atoms with Crippen LogP contribution in [0.2, 0.25) is 0 Å². The van der Waals surface area contributed by atoms with Crippen molar-refractivity contribution in [3.05, 3.63) is 0 Å². The maximum atomic E-state index is 9.49. The molecule has 2 N–H and O–H groups in total. The van der Waals surface area contributed by atoms with Crippen LogP contribution in [0.15, 0.2) is 0 Å². The van der Waals surface area contributed by atoms with E-state index in [1.54, 1.807) is 13.8 Å².